The summed E-state index contributed by atoms with van der Waals surface area (Å²) in [5, 5.41) is 0. The molecule has 0 unspecified atom stereocenters. The molecule has 1 aliphatic rings. The summed E-state index contributed by atoms with van der Waals surface area (Å²) in [4.78, 5) is 10.0. The van der Waals surface area contributed by atoms with E-state index in [0.29, 0.717) is 0 Å². The Morgan fingerprint density at radius 3 is 2.32 bits per heavy atom. The molecule has 0 saturated heterocycles. The van der Waals surface area contributed by atoms with Crippen molar-refractivity contribution in [3.63, 3.8) is 0 Å². The minimum Gasteiger partial charge on any atom is -0.251 e. The van der Waals surface area contributed by atoms with E-state index in [-0.39, 0.29) is 0 Å². The minimum atomic E-state index is 0.992. The van der Waals surface area contributed by atoms with E-state index < -0.39 is 0 Å². The summed E-state index contributed by atoms with van der Waals surface area (Å²) in [5.41, 5.74) is 9.23. The highest BCUT2D eigenvalue weighted by molar-refractivity contribution is 6.03. The van der Waals surface area contributed by atoms with Crippen LogP contribution in [0.1, 0.15) is 35.2 Å². The molecule has 0 atom stereocenters. The third-order valence-corrected chi connectivity index (χ3v) is 4.87. The average molecular weight is 326 g/mol. The van der Waals surface area contributed by atoms with Crippen molar-refractivity contribution < 1.29 is 0 Å². The van der Waals surface area contributed by atoms with Crippen LogP contribution in [0.5, 0.6) is 0 Å². The lowest BCUT2D eigenvalue weighted by Gasteiger charge is -2.19. The number of benzene rings is 2. The van der Waals surface area contributed by atoms with Gasteiger partial charge in [0.1, 0.15) is 0 Å². The van der Waals surface area contributed by atoms with Crippen LogP contribution in [0.4, 0.5) is 5.69 Å². The lowest BCUT2D eigenvalue weighted by atomic mass is 9.93. The van der Waals surface area contributed by atoms with Gasteiger partial charge < -0.3 is 0 Å². The summed E-state index contributed by atoms with van der Waals surface area (Å²) in [6.07, 6.45) is 3.22. The van der Waals surface area contributed by atoms with Gasteiger partial charge in [0.05, 0.1) is 22.8 Å². The van der Waals surface area contributed by atoms with Crippen molar-refractivity contribution in [2.24, 2.45) is 4.99 Å². The molecule has 1 aliphatic carbocycles. The van der Waals surface area contributed by atoms with Gasteiger partial charge in [0.25, 0.3) is 0 Å². The molecule has 0 N–H and O–H groups in total. The molecule has 1 heterocycles. The number of aryl methyl sites for hydroxylation is 3. The molecule has 0 amide bonds. The van der Waals surface area contributed by atoms with Gasteiger partial charge in [0, 0.05) is 5.56 Å². The van der Waals surface area contributed by atoms with Crippen molar-refractivity contribution in [2.45, 2.75) is 33.1 Å². The molecule has 124 valence electrons. The Morgan fingerprint density at radius 2 is 1.56 bits per heavy atom. The highest BCUT2D eigenvalue weighted by Crippen LogP contribution is 2.29. The van der Waals surface area contributed by atoms with E-state index in [1.165, 1.54) is 16.7 Å². The summed E-state index contributed by atoms with van der Waals surface area (Å²) in [6, 6.07) is 21.1. The van der Waals surface area contributed by atoms with Crippen LogP contribution in [0.2, 0.25) is 0 Å². The summed E-state index contributed by atoms with van der Waals surface area (Å²) in [5.74, 6) is 0. The molecule has 2 nitrogen and oxygen atoms in total. The van der Waals surface area contributed by atoms with E-state index >= 15 is 0 Å². The third kappa shape index (κ3) is 3.12. The topological polar surface area (TPSA) is 25.2 Å². The number of fused-ring (bicyclic) bond motifs is 1. The van der Waals surface area contributed by atoms with E-state index in [1.807, 2.05) is 6.07 Å². The fourth-order valence-electron chi connectivity index (χ4n) is 3.50. The Morgan fingerprint density at radius 1 is 0.800 bits per heavy atom. The average Bonchev–Trinajstić information content (AvgIpc) is 2.65. The number of aromatic nitrogens is 1. The fraction of sp³-hybridized carbons (Fsp3) is 0.217. The van der Waals surface area contributed by atoms with Gasteiger partial charge in [0.15, 0.2) is 0 Å². The number of rotatable bonds is 2. The van der Waals surface area contributed by atoms with Crippen LogP contribution in [0.25, 0.3) is 11.3 Å². The molecule has 0 aliphatic heterocycles. The van der Waals surface area contributed by atoms with Crippen LogP contribution >= 0.6 is 0 Å². The van der Waals surface area contributed by atoms with Gasteiger partial charge in [-0.1, -0.05) is 54.6 Å². The Bertz CT molecular complexity index is 919. The molecular formula is C23H22N2. The smallest absolute Gasteiger partial charge is 0.0884 e. The first-order valence-corrected chi connectivity index (χ1v) is 8.92. The molecule has 0 fully saturated rings. The van der Waals surface area contributed by atoms with Crippen molar-refractivity contribution in [1.82, 2.24) is 4.98 Å². The third-order valence-electron chi connectivity index (χ3n) is 4.87. The van der Waals surface area contributed by atoms with Gasteiger partial charge in [-0.2, -0.15) is 0 Å². The van der Waals surface area contributed by atoms with Crippen molar-refractivity contribution in [1.29, 1.82) is 0 Å². The standard InChI is InChI=1S/C23H22N2/c1-16-8-6-9-17(2)22(16)25-21-13-7-12-19-14-15-20(24-23(19)21)18-10-4-3-5-11-18/h3-6,8-11,14-15H,7,12-13H2,1-2H3. The van der Waals surface area contributed by atoms with Crippen LogP contribution in [0, 0.1) is 13.8 Å². The molecule has 25 heavy (non-hydrogen) atoms. The molecule has 3 aromatic rings. The highest BCUT2D eigenvalue weighted by atomic mass is 14.8. The number of hydrogen-bond donors (Lipinski definition) is 0. The molecule has 0 saturated carbocycles. The normalized spacial score (nSPS) is 15.2. The van der Waals surface area contributed by atoms with Crippen molar-refractivity contribution in [3.05, 3.63) is 83.0 Å². The van der Waals surface area contributed by atoms with Crippen LogP contribution in [-0.2, 0) is 6.42 Å². The number of pyridine rings is 1. The predicted octanol–water partition coefficient (Wildman–Crippen LogP) is 5.82. The molecule has 1 aromatic heterocycles. The summed E-state index contributed by atoms with van der Waals surface area (Å²) in [7, 11) is 0. The van der Waals surface area contributed by atoms with Gasteiger partial charge in [-0.25, -0.2) is 4.98 Å². The minimum absolute atomic E-state index is 0.992. The van der Waals surface area contributed by atoms with Crippen molar-refractivity contribution in [2.75, 3.05) is 0 Å². The first-order chi connectivity index (χ1) is 12.2. The number of nitrogens with zero attached hydrogens (tertiary/aromatic N) is 2. The molecule has 2 heteroatoms. The monoisotopic (exact) mass is 326 g/mol. The van der Waals surface area contributed by atoms with E-state index in [4.69, 9.17) is 9.98 Å². The van der Waals surface area contributed by atoms with Crippen molar-refractivity contribution in [3.8, 4) is 11.3 Å². The predicted molar refractivity (Wildman–Crippen MR) is 105 cm³/mol. The maximum absolute atomic E-state index is 5.05. The van der Waals surface area contributed by atoms with Crippen molar-refractivity contribution >= 4 is 11.4 Å². The second-order valence-electron chi connectivity index (χ2n) is 6.72. The van der Waals surface area contributed by atoms with Crippen LogP contribution in [0.15, 0.2) is 65.7 Å². The summed E-state index contributed by atoms with van der Waals surface area (Å²) in [6.45, 7) is 4.26. The molecule has 4 rings (SSSR count). The second-order valence-corrected chi connectivity index (χ2v) is 6.72. The van der Waals surface area contributed by atoms with Crippen LogP contribution in [-0.4, -0.2) is 10.7 Å². The Labute approximate surface area is 149 Å². The maximum atomic E-state index is 5.05. The molecular weight excluding hydrogens is 304 g/mol. The Balaban J connectivity index is 1.83. The van der Waals surface area contributed by atoms with Crippen LogP contribution < -0.4 is 0 Å². The zero-order valence-corrected chi connectivity index (χ0v) is 14.8. The first kappa shape index (κ1) is 15.8. The largest absolute Gasteiger partial charge is 0.251 e. The van der Waals surface area contributed by atoms with Gasteiger partial charge in [0.2, 0.25) is 0 Å². The Hall–Kier alpha value is -2.74. The second kappa shape index (κ2) is 6.64. The quantitative estimate of drug-likeness (QED) is 0.582. The number of para-hydroxylation sites is 1. The number of hydrogen-bond acceptors (Lipinski definition) is 2. The van der Waals surface area contributed by atoms with E-state index in [9.17, 15) is 0 Å². The lowest BCUT2D eigenvalue weighted by Crippen LogP contribution is -2.14. The van der Waals surface area contributed by atoms with Crippen LogP contribution in [0.3, 0.4) is 0 Å². The highest BCUT2D eigenvalue weighted by Gasteiger charge is 2.18. The van der Waals surface area contributed by atoms with E-state index in [2.05, 4.69) is 68.4 Å². The lowest BCUT2D eigenvalue weighted by molar-refractivity contribution is 0.827. The van der Waals surface area contributed by atoms with Gasteiger partial charge >= 0.3 is 0 Å². The zero-order valence-electron chi connectivity index (χ0n) is 14.8. The van der Waals surface area contributed by atoms with E-state index in [0.717, 1.165) is 47.6 Å². The molecule has 0 bridgehead atoms. The SMILES string of the molecule is Cc1cccc(C)c1N=C1CCCc2ccc(-c3ccccc3)nc21. The van der Waals surface area contributed by atoms with Gasteiger partial charge in [-0.3, -0.25) is 4.99 Å². The van der Waals surface area contributed by atoms with E-state index in [1.54, 1.807) is 0 Å². The molecule has 2 aromatic carbocycles. The fourth-order valence-corrected chi connectivity index (χ4v) is 3.50. The summed E-state index contributed by atoms with van der Waals surface area (Å²) >= 11 is 0. The Kier molecular flexibility index (Phi) is 4.19. The summed E-state index contributed by atoms with van der Waals surface area (Å²) < 4.78 is 0. The number of aliphatic imine (C=N–C) groups is 1. The van der Waals surface area contributed by atoms with Gasteiger partial charge in [-0.15, -0.1) is 0 Å². The zero-order chi connectivity index (χ0) is 17.2. The molecule has 0 spiro atoms. The van der Waals surface area contributed by atoms with Gasteiger partial charge in [-0.05, 0) is 55.9 Å². The first-order valence-electron chi connectivity index (χ1n) is 8.92. The maximum Gasteiger partial charge on any atom is 0.0884 e. The molecule has 0 radical (unpaired) electrons.